The van der Waals surface area contributed by atoms with Crippen LogP contribution >= 0.6 is 0 Å². The van der Waals surface area contributed by atoms with Crippen LogP contribution in [0.1, 0.15) is 15.9 Å². The molecule has 6 nitrogen and oxygen atoms in total. The number of carbonyl (C=O) groups is 1. The summed E-state index contributed by atoms with van der Waals surface area (Å²) < 4.78 is 9.69. The third-order valence-electron chi connectivity index (χ3n) is 2.74. The first-order valence-electron chi connectivity index (χ1n) is 5.68. The van der Waals surface area contributed by atoms with E-state index in [1.165, 1.54) is 19.4 Å². The fraction of sp³-hybridized carbons (Fsp3) is 0.231. The second kappa shape index (κ2) is 5.43. The maximum absolute atomic E-state index is 11.6. The Labute approximate surface area is 110 Å². The van der Waals surface area contributed by atoms with Gasteiger partial charge in [-0.2, -0.15) is 0 Å². The zero-order chi connectivity index (χ0) is 13.8. The maximum atomic E-state index is 11.6. The Morgan fingerprint density at radius 2 is 2.32 bits per heavy atom. The van der Waals surface area contributed by atoms with E-state index in [2.05, 4.69) is 9.72 Å². The minimum atomic E-state index is -0.474. The highest BCUT2D eigenvalue weighted by Gasteiger charge is 2.16. The molecule has 0 atom stereocenters. The predicted octanol–water partition coefficient (Wildman–Crippen LogP) is 1.68. The molecule has 2 aromatic heterocycles. The van der Waals surface area contributed by atoms with E-state index in [1.54, 1.807) is 12.5 Å². The molecule has 2 aromatic rings. The fourth-order valence-electron chi connectivity index (χ4n) is 1.79. The van der Waals surface area contributed by atoms with Crippen molar-refractivity contribution in [3.8, 4) is 0 Å². The number of furan rings is 1. The van der Waals surface area contributed by atoms with E-state index in [4.69, 9.17) is 10.2 Å². The molecule has 2 rings (SSSR count). The molecule has 0 saturated heterocycles. The van der Waals surface area contributed by atoms with Crippen molar-refractivity contribution in [2.45, 2.75) is 6.54 Å². The molecule has 2 N–H and O–H groups in total. The number of nitrogens with zero attached hydrogens (tertiary/aromatic N) is 2. The minimum Gasteiger partial charge on any atom is -0.472 e. The van der Waals surface area contributed by atoms with Gasteiger partial charge in [0.15, 0.2) is 5.82 Å². The molecule has 0 aliphatic rings. The number of hydrogen-bond donors (Lipinski definition) is 1. The van der Waals surface area contributed by atoms with Crippen LogP contribution in [0.2, 0.25) is 0 Å². The molecular formula is C13H15N3O3. The first-order valence-corrected chi connectivity index (χ1v) is 5.68. The summed E-state index contributed by atoms with van der Waals surface area (Å²) in [6, 6.07) is 3.40. The van der Waals surface area contributed by atoms with Crippen molar-refractivity contribution in [3.63, 3.8) is 0 Å². The van der Waals surface area contributed by atoms with Gasteiger partial charge in [0.05, 0.1) is 30.9 Å². The largest absolute Gasteiger partial charge is 0.472 e. The van der Waals surface area contributed by atoms with E-state index >= 15 is 0 Å². The normalized spacial score (nSPS) is 10.2. The Bertz CT molecular complexity index is 567. The first-order chi connectivity index (χ1) is 9.13. The van der Waals surface area contributed by atoms with Gasteiger partial charge in [0.2, 0.25) is 0 Å². The van der Waals surface area contributed by atoms with Crippen molar-refractivity contribution in [3.05, 3.63) is 42.0 Å². The molecule has 0 radical (unpaired) electrons. The summed E-state index contributed by atoms with van der Waals surface area (Å²) in [6.45, 7) is 0.582. The number of carbonyl (C=O) groups excluding carboxylic acids is 1. The standard InChI is InChI=1S/C13H15N3O3/c1-16(7-9-4-6-19-8-9)12-11(14)10(3-5-15-12)13(17)18-2/h3-6,8H,7,14H2,1-2H3. The number of methoxy groups -OCH3 is 1. The molecule has 0 bridgehead atoms. The molecule has 0 spiro atoms. The SMILES string of the molecule is COC(=O)c1ccnc(N(C)Cc2ccoc2)c1N. The van der Waals surface area contributed by atoms with Crippen molar-refractivity contribution < 1.29 is 13.9 Å². The summed E-state index contributed by atoms with van der Waals surface area (Å²) >= 11 is 0. The summed E-state index contributed by atoms with van der Waals surface area (Å²) in [5, 5.41) is 0. The van der Waals surface area contributed by atoms with Crippen LogP contribution in [0.15, 0.2) is 35.3 Å². The number of rotatable bonds is 4. The Balaban J connectivity index is 2.27. The van der Waals surface area contributed by atoms with Crippen molar-refractivity contribution in [1.82, 2.24) is 4.98 Å². The molecule has 6 heteroatoms. The van der Waals surface area contributed by atoms with Gasteiger partial charge in [-0.25, -0.2) is 9.78 Å². The van der Waals surface area contributed by atoms with Crippen LogP contribution in [0.5, 0.6) is 0 Å². The van der Waals surface area contributed by atoms with Crippen LogP contribution in [0, 0.1) is 0 Å². The van der Waals surface area contributed by atoms with Gasteiger partial charge in [0.25, 0.3) is 0 Å². The predicted molar refractivity (Wildman–Crippen MR) is 70.8 cm³/mol. The summed E-state index contributed by atoms with van der Waals surface area (Å²) in [6.07, 6.45) is 4.78. The third kappa shape index (κ3) is 2.67. The lowest BCUT2D eigenvalue weighted by Crippen LogP contribution is -2.20. The summed E-state index contributed by atoms with van der Waals surface area (Å²) in [4.78, 5) is 17.6. The third-order valence-corrected chi connectivity index (χ3v) is 2.74. The fourth-order valence-corrected chi connectivity index (χ4v) is 1.79. The van der Waals surface area contributed by atoms with Crippen LogP contribution in [-0.4, -0.2) is 25.1 Å². The molecule has 0 saturated carbocycles. The Hall–Kier alpha value is -2.50. The molecule has 0 fully saturated rings. The maximum Gasteiger partial charge on any atom is 0.340 e. The molecule has 19 heavy (non-hydrogen) atoms. The van der Waals surface area contributed by atoms with Gasteiger partial charge in [0.1, 0.15) is 0 Å². The van der Waals surface area contributed by atoms with E-state index in [1.807, 2.05) is 18.0 Å². The number of esters is 1. The van der Waals surface area contributed by atoms with Gasteiger partial charge in [0, 0.05) is 25.4 Å². The number of nitrogens with two attached hydrogens (primary N) is 1. The smallest absolute Gasteiger partial charge is 0.340 e. The topological polar surface area (TPSA) is 81.6 Å². The van der Waals surface area contributed by atoms with E-state index in [9.17, 15) is 4.79 Å². The lowest BCUT2D eigenvalue weighted by atomic mass is 10.2. The number of anilines is 2. The van der Waals surface area contributed by atoms with Crippen LogP contribution in [0.3, 0.4) is 0 Å². The molecule has 0 aliphatic carbocycles. The van der Waals surface area contributed by atoms with Crippen LogP contribution < -0.4 is 10.6 Å². The minimum absolute atomic E-state index is 0.306. The van der Waals surface area contributed by atoms with Crippen molar-refractivity contribution in [1.29, 1.82) is 0 Å². The highest BCUT2D eigenvalue weighted by atomic mass is 16.5. The van der Waals surface area contributed by atoms with Crippen LogP contribution in [0.4, 0.5) is 11.5 Å². The van der Waals surface area contributed by atoms with Gasteiger partial charge in [-0.15, -0.1) is 0 Å². The number of pyridine rings is 1. The highest BCUT2D eigenvalue weighted by Crippen LogP contribution is 2.24. The van der Waals surface area contributed by atoms with Crippen molar-refractivity contribution in [2.24, 2.45) is 0 Å². The zero-order valence-corrected chi connectivity index (χ0v) is 10.8. The second-order valence-electron chi connectivity index (χ2n) is 4.08. The number of ether oxygens (including phenoxy) is 1. The highest BCUT2D eigenvalue weighted by molar-refractivity contribution is 5.97. The van der Waals surface area contributed by atoms with Gasteiger partial charge in [-0.3, -0.25) is 0 Å². The number of aromatic nitrogens is 1. The Morgan fingerprint density at radius 3 is 2.95 bits per heavy atom. The van der Waals surface area contributed by atoms with E-state index in [0.29, 0.717) is 23.6 Å². The molecule has 0 aromatic carbocycles. The van der Waals surface area contributed by atoms with E-state index in [-0.39, 0.29) is 0 Å². The average molecular weight is 261 g/mol. The molecule has 100 valence electrons. The molecule has 2 heterocycles. The Kier molecular flexibility index (Phi) is 3.70. The molecule has 0 amide bonds. The molecule has 0 unspecified atom stereocenters. The molecular weight excluding hydrogens is 246 g/mol. The van der Waals surface area contributed by atoms with Gasteiger partial charge in [-0.05, 0) is 12.1 Å². The van der Waals surface area contributed by atoms with Crippen molar-refractivity contribution in [2.75, 3.05) is 24.8 Å². The van der Waals surface area contributed by atoms with E-state index in [0.717, 1.165) is 5.56 Å². The van der Waals surface area contributed by atoms with E-state index < -0.39 is 5.97 Å². The quantitative estimate of drug-likeness (QED) is 0.843. The lowest BCUT2D eigenvalue weighted by Gasteiger charge is -2.19. The average Bonchev–Trinajstić information content (AvgIpc) is 2.90. The van der Waals surface area contributed by atoms with Gasteiger partial charge >= 0.3 is 5.97 Å². The number of hydrogen-bond acceptors (Lipinski definition) is 6. The van der Waals surface area contributed by atoms with Crippen LogP contribution in [-0.2, 0) is 11.3 Å². The second-order valence-corrected chi connectivity index (χ2v) is 4.08. The summed E-state index contributed by atoms with van der Waals surface area (Å²) in [7, 11) is 3.16. The van der Waals surface area contributed by atoms with Gasteiger partial charge in [-0.1, -0.05) is 0 Å². The zero-order valence-electron chi connectivity index (χ0n) is 10.8. The Morgan fingerprint density at radius 1 is 1.53 bits per heavy atom. The van der Waals surface area contributed by atoms with Crippen molar-refractivity contribution >= 4 is 17.5 Å². The van der Waals surface area contributed by atoms with Crippen LogP contribution in [0.25, 0.3) is 0 Å². The summed E-state index contributed by atoms with van der Waals surface area (Å²) in [5.41, 5.74) is 7.57. The first kappa shape index (κ1) is 12.9. The molecule has 0 aliphatic heterocycles. The monoisotopic (exact) mass is 261 g/mol. The summed E-state index contributed by atoms with van der Waals surface area (Å²) in [5.74, 6) is 0.0574. The van der Waals surface area contributed by atoms with Gasteiger partial charge < -0.3 is 19.8 Å². The number of nitrogen functional groups attached to an aromatic ring is 1. The lowest BCUT2D eigenvalue weighted by molar-refractivity contribution is 0.0602.